The molecule has 1 amide bonds. The van der Waals surface area contributed by atoms with Crippen molar-refractivity contribution in [3.05, 3.63) is 0 Å². The topological polar surface area (TPSA) is 49.3 Å². The molecule has 1 fully saturated rings. The first-order valence-electron chi connectivity index (χ1n) is 6.60. The Bertz CT molecular complexity index is 248. The summed E-state index contributed by atoms with van der Waals surface area (Å²) in [6.45, 7) is 2.24. The van der Waals surface area contributed by atoms with Crippen LogP contribution >= 0.6 is 11.6 Å². The molecule has 0 bridgehead atoms. The highest BCUT2D eigenvalue weighted by atomic mass is 35.5. The van der Waals surface area contributed by atoms with Crippen molar-refractivity contribution in [2.45, 2.75) is 57.4 Å². The van der Waals surface area contributed by atoms with Crippen LogP contribution in [-0.4, -0.2) is 29.0 Å². The van der Waals surface area contributed by atoms with Gasteiger partial charge in [-0.15, -0.1) is 11.6 Å². The fourth-order valence-corrected chi connectivity index (χ4v) is 2.88. The van der Waals surface area contributed by atoms with E-state index in [1.54, 1.807) is 0 Å². The average Bonchev–Trinajstić information content (AvgIpc) is 2.29. The Hall–Kier alpha value is -0.280. The number of amides is 1. The van der Waals surface area contributed by atoms with Gasteiger partial charge in [0.15, 0.2) is 0 Å². The van der Waals surface area contributed by atoms with Gasteiger partial charge in [-0.25, -0.2) is 0 Å². The van der Waals surface area contributed by atoms with Crippen molar-refractivity contribution in [3.8, 4) is 0 Å². The van der Waals surface area contributed by atoms with Crippen molar-refractivity contribution in [3.63, 3.8) is 0 Å². The minimum absolute atomic E-state index is 0.0540. The Morgan fingerprint density at radius 1 is 1.53 bits per heavy atom. The van der Waals surface area contributed by atoms with Crippen molar-refractivity contribution in [1.29, 1.82) is 0 Å². The highest BCUT2D eigenvalue weighted by Gasteiger charge is 2.35. The van der Waals surface area contributed by atoms with E-state index in [2.05, 4.69) is 12.2 Å². The smallest absolute Gasteiger partial charge is 0.220 e. The fourth-order valence-electron chi connectivity index (χ4n) is 2.70. The maximum atomic E-state index is 11.8. The number of halogens is 1. The van der Waals surface area contributed by atoms with Crippen molar-refractivity contribution < 1.29 is 9.90 Å². The van der Waals surface area contributed by atoms with E-state index in [0.717, 1.165) is 32.1 Å². The number of nitrogens with one attached hydrogen (secondary N) is 1. The summed E-state index contributed by atoms with van der Waals surface area (Å²) in [4.78, 5) is 11.8. The zero-order valence-corrected chi connectivity index (χ0v) is 11.4. The second kappa shape index (κ2) is 7.22. The van der Waals surface area contributed by atoms with Gasteiger partial charge in [0.2, 0.25) is 5.91 Å². The molecule has 3 nitrogen and oxygen atoms in total. The number of carbonyl (C=O) groups is 1. The highest BCUT2D eigenvalue weighted by Crippen LogP contribution is 2.32. The lowest BCUT2D eigenvalue weighted by molar-refractivity contribution is -0.124. The summed E-state index contributed by atoms with van der Waals surface area (Å²) >= 11 is 5.58. The van der Waals surface area contributed by atoms with Crippen molar-refractivity contribution >= 4 is 17.5 Å². The second-order valence-corrected chi connectivity index (χ2v) is 5.71. The van der Waals surface area contributed by atoms with Crippen LogP contribution < -0.4 is 5.32 Å². The molecule has 1 aliphatic carbocycles. The fraction of sp³-hybridized carbons (Fsp3) is 0.923. The van der Waals surface area contributed by atoms with Crippen LogP contribution in [0, 0.1) is 5.92 Å². The monoisotopic (exact) mass is 261 g/mol. The number of aliphatic hydroxyl groups is 1. The molecule has 0 heterocycles. The molecule has 0 spiro atoms. The number of hydrogen-bond donors (Lipinski definition) is 2. The number of unbranched alkanes of at least 4 members (excludes halogenated alkanes) is 1. The molecule has 1 aliphatic rings. The Morgan fingerprint density at radius 2 is 2.29 bits per heavy atom. The highest BCUT2D eigenvalue weighted by molar-refractivity contribution is 6.17. The van der Waals surface area contributed by atoms with Gasteiger partial charge in [-0.3, -0.25) is 4.79 Å². The standard InChI is InChI=1S/C13H24ClNO2/c1-11-5-4-7-13(9-11,10-16)15-12(17)6-2-3-8-14/h11,16H,2-10H2,1H3,(H,15,17). The Balaban J connectivity index is 2.42. The van der Waals surface area contributed by atoms with Gasteiger partial charge in [-0.2, -0.15) is 0 Å². The second-order valence-electron chi connectivity index (χ2n) is 5.33. The van der Waals surface area contributed by atoms with E-state index in [1.807, 2.05) is 0 Å². The quantitative estimate of drug-likeness (QED) is 0.570. The molecule has 2 unspecified atom stereocenters. The third-order valence-corrected chi connectivity index (χ3v) is 3.85. The molecule has 0 aromatic carbocycles. The van der Waals surface area contributed by atoms with Gasteiger partial charge < -0.3 is 10.4 Å². The molecule has 0 aliphatic heterocycles. The molecule has 2 N–H and O–H groups in total. The summed E-state index contributed by atoms with van der Waals surface area (Å²) in [7, 11) is 0. The predicted molar refractivity (Wildman–Crippen MR) is 70.2 cm³/mol. The first-order valence-corrected chi connectivity index (χ1v) is 7.13. The molecule has 4 heteroatoms. The Labute approximate surface area is 109 Å². The lowest BCUT2D eigenvalue weighted by atomic mass is 9.76. The normalized spacial score (nSPS) is 29.0. The molecule has 0 radical (unpaired) electrons. The van der Waals surface area contributed by atoms with Crippen LogP contribution in [-0.2, 0) is 4.79 Å². The van der Waals surface area contributed by atoms with E-state index in [-0.39, 0.29) is 18.1 Å². The number of rotatable bonds is 6. The maximum absolute atomic E-state index is 11.8. The molecular weight excluding hydrogens is 238 g/mol. The van der Waals surface area contributed by atoms with E-state index in [1.165, 1.54) is 6.42 Å². The molecule has 100 valence electrons. The number of alkyl halides is 1. The summed E-state index contributed by atoms with van der Waals surface area (Å²) in [6.07, 6.45) is 6.29. The van der Waals surface area contributed by atoms with Gasteiger partial charge in [-0.1, -0.05) is 19.8 Å². The molecule has 0 saturated heterocycles. The molecule has 17 heavy (non-hydrogen) atoms. The maximum Gasteiger partial charge on any atom is 0.220 e. The van der Waals surface area contributed by atoms with Crippen LogP contribution in [0.25, 0.3) is 0 Å². The predicted octanol–water partition coefficient (Wildman–Crippen LogP) is 2.45. The summed E-state index contributed by atoms with van der Waals surface area (Å²) in [5.74, 6) is 1.24. The van der Waals surface area contributed by atoms with E-state index in [9.17, 15) is 9.90 Å². The van der Waals surface area contributed by atoms with Gasteiger partial charge >= 0.3 is 0 Å². The van der Waals surface area contributed by atoms with Crippen LogP contribution in [0.2, 0.25) is 0 Å². The van der Waals surface area contributed by atoms with Gasteiger partial charge in [0.1, 0.15) is 0 Å². The average molecular weight is 262 g/mol. The zero-order valence-electron chi connectivity index (χ0n) is 10.7. The van der Waals surface area contributed by atoms with Crippen LogP contribution in [0.3, 0.4) is 0 Å². The van der Waals surface area contributed by atoms with Gasteiger partial charge in [0.25, 0.3) is 0 Å². The van der Waals surface area contributed by atoms with Crippen molar-refractivity contribution in [1.82, 2.24) is 5.32 Å². The number of hydrogen-bond acceptors (Lipinski definition) is 2. The van der Waals surface area contributed by atoms with E-state index >= 15 is 0 Å². The largest absolute Gasteiger partial charge is 0.394 e. The lowest BCUT2D eigenvalue weighted by Crippen LogP contribution is -2.53. The lowest BCUT2D eigenvalue weighted by Gasteiger charge is -2.39. The summed E-state index contributed by atoms with van der Waals surface area (Å²) < 4.78 is 0. The summed E-state index contributed by atoms with van der Waals surface area (Å²) in [6, 6.07) is 0. The van der Waals surface area contributed by atoms with Gasteiger partial charge in [-0.05, 0) is 31.6 Å². The van der Waals surface area contributed by atoms with Gasteiger partial charge in [0.05, 0.1) is 12.1 Å². The Morgan fingerprint density at radius 3 is 2.88 bits per heavy atom. The molecular formula is C13H24ClNO2. The van der Waals surface area contributed by atoms with Crippen LogP contribution in [0.4, 0.5) is 0 Å². The summed E-state index contributed by atoms with van der Waals surface area (Å²) in [5.41, 5.74) is -0.365. The van der Waals surface area contributed by atoms with E-state index < -0.39 is 0 Å². The third-order valence-electron chi connectivity index (χ3n) is 3.59. The minimum atomic E-state index is -0.365. The Kier molecular flexibility index (Phi) is 6.28. The van der Waals surface area contributed by atoms with Crippen LogP contribution in [0.5, 0.6) is 0 Å². The van der Waals surface area contributed by atoms with Crippen molar-refractivity contribution in [2.75, 3.05) is 12.5 Å². The molecule has 2 atom stereocenters. The van der Waals surface area contributed by atoms with E-state index in [4.69, 9.17) is 11.6 Å². The third kappa shape index (κ3) is 4.84. The molecule has 0 aromatic heterocycles. The van der Waals surface area contributed by atoms with Gasteiger partial charge in [0, 0.05) is 12.3 Å². The van der Waals surface area contributed by atoms with Crippen LogP contribution in [0.1, 0.15) is 51.9 Å². The molecule has 1 rings (SSSR count). The molecule has 0 aromatic rings. The summed E-state index contributed by atoms with van der Waals surface area (Å²) in [5, 5.41) is 12.6. The van der Waals surface area contributed by atoms with E-state index in [0.29, 0.717) is 18.2 Å². The number of carbonyl (C=O) groups excluding carboxylic acids is 1. The first kappa shape index (κ1) is 14.8. The zero-order chi connectivity index (χ0) is 12.7. The minimum Gasteiger partial charge on any atom is -0.394 e. The number of aliphatic hydroxyl groups excluding tert-OH is 1. The van der Waals surface area contributed by atoms with Crippen molar-refractivity contribution in [2.24, 2.45) is 5.92 Å². The SMILES string of the molecule is CC1CCCC(CO)(NC(=O)CCCCCl)C1. The van der Waals surface area contributed by atoms with Crippen LogP contribution in [0.15, 0.2) is 0 Å². The molecule has 1 saturated carbocycles. The first-order chi connectivity index (χ1) is 8.12.